The van der Waals surface area contributed by atoms with Crippen molar-refractivity contribution in [3.8, 4) is 0 Å². The lowest BCUT2D eigenvalue weighted by Crippen LogP contribution is -2.00. The van der Waals surface area contributed by atoms with E-state index in [1.54, 1.807) is 0 Å². The molecule has 0 N–H and O–H groups in total. The molecule has 1 heterocycles. The molecule has 1 rings (SSSR count). The van der Waals surface area contributed by atoms with E-state index < -0.39 is 4.92 Å². The molecule has 0 fully saturated rings. The van der Waals surface area contributed by atoms with Gasteiger partial charge in [0.1, 0.15) is 5.69 Å². The number of nitrogens with zero attached hydrogens (tertiary/aromatic N) is 3. The molecular formula is C5H4ClN3O2. The molecule has 0 amide bonds. The first-order valence-electron chi connectivity index (χ1n) is 2.77. The fourth-order valence-corrected chi connectivity index (χ4v) is 0.755. The van der Waals surface area contributed by atoms with Gasteiger partial charge in [-0.25, -0.2) is 9.97 Å². The highest BCUT2D eigenvalue weighted by atomic mass is 35.5. The monoisotopic (exact) mass is 173 g/mol. The summed E-state index contributed by atoms with van der Waals surface area (Å²) in [6.07, 6.45) is 1.38. The van der Waals surface area contributed by atoms with Crippen LogP contribution in [0.3, 0.4) is 0 Å². The molecule has 0 aliphatic rings. The van der Waals surface area contributed by atoms with Gasteiger partial charge in [0.05, 0.1) is 0 Å². The van der Waals surface area contributed by atoms with E-state index in [4.69, 9.17) is 11.6 Å². The molecule has 0 spiro atoms. The molecule has 0 aliphatic heterocycles. The Hall–Kier alpha value is -1.23. The first-order valence-corrected chi connectivity index (χ1v) is 3.15. The van der Waals surface area contributed by atoms with Gasteiger partial charge >= 0.3 is 0 Å². The van der Waals surface area contributed by atoms with Crippen LogP contribution < -0.4 is 0 Å². The van der Waals surface area contributed by atoms with Gasteiger partial charge in [0.15, 0.2) is 0 Å². The number of rotatable bonds is 2. The highest BCUT2D eigenvalue weighted by molar-refractivity contribution is 6.28. The average molecular weight is 174 g/mol. The number of halogens is 1. The fraction of sp³-hybridized carbons (Fsp3) is 0.200. The number of nitro groups is 1. The molecule has 0 atom stereocenters. The van der Waals surface area contributed by atoms with Crippen LogP contribution in [0.25, 0.3) is 0 Å². The largest absolute Gasteiger partial charge is 0.264 e. The van der Waals surface area contributed by atoms with E-state index in [0.29, 0.717) is 5.69 Å². The second-order valence-corrected chi connectivity index (χ2v) is 2.15. The molecule has 0 saturated heterocycles. The molecule has 0 saturated carbocycles. The first kappa shape index (κ1) is 7.87. The van der Waals surface area contributed by atoms with Gasteiger partial charge in [-0.15, -0.1) is 0 Å². The molecule has 6 heteroatoms. The lowest BCUT2D eigenvalue weighted by Gasteiger charge is -1.92. The Kier molecular flexibility index (Phi) is 2.32. The standard InChI is InChI=1S/C5H4ClN3O2/c6-5-7-2-1-4(8-5)3-9(10)11/h1-2H,3H2. The molecular weight excluding hydrogens is 170 g/mol. The van der Waals surface area contributed by atoms with Gasteiger partial charge < -0.3 is 0 Å². The number of hydrogen-bond donors (Lipinski definition) is 0. The Morgan fingerprint density at radius 3 is 3.00 bits per heavy atom. The third kappa shape index (κ3) is 2.46. The second-order valence-electron chi connectivity index (χ2n) is 1.81. The maximum atomic E-state index is 9.98. The third-order valence-corrected chi connectivity index (χ3v) is 1.16. The summed E-state index contributed by atoms with van der Waals surface area (Å²) in [5.41, 5.74) is 0.315. The molecule has 5 nitrogen and oxygen atoms in total. The summed E-state index contributed by atoms with van der Waals surface area (Å²) in [7, 11) is 0. The smallest absolute Gasteiger partial charge is 0.245 e. The number of aromatic nitrogens is 2. The Morgan fingerprint density at radius 1 is 1.73 bits per heavy atom. The highest BCUT2D eigenvalue weighted by Crippen LogP contribution is 2.01. The van der Waals surface area contributed by atoms with Crippen LogP contribution in [-0.4, -0.2) is 14.9 Å². The Bertz CT molecular complexity index is 278. The summed E-state index contributed by atoms with van der Waals surface area (Å²) in [5.74, 6) is 0. The van der Waals surface area contributed by atoms with E-state index in [2.05, 4.69) is 9.97 Å². The van der Waals surface area contributed by atoms with E-state index in [1.165, 1.54) is 12.3 Å². The van der Waals surface area contributed by atoms with Crippen molar-refractivity contribution >= 4 is 11.6 Å². The predicted octanol–water partition coefficient (Wildman–Crippen LogP) is 0.907. The normalized spacial score (nSPS) is 9.55. The molecule has 0 unspecified atom stereocenters. The van der Waals surface area contributed by atoms with E-state index in [9.17, 15) is 10.1 Å². The van der Waals surface area contributed by atoms with Crippen LogP contribution in [0, 0.1) is 10.1 Å². The van der Waals surface area contributed by atoms with Crippen molar-refractivity contribution in [2.24, 2.45) is 0 Å². The van der Waals surface area contributed by atoms with E-state index in [1.807, 2.05) is 0 Å². The van der Waals surface area contributed by atoms with Crippen LogP contribution in [0.5, 0.6) is 0 Å². The van der Waals surface area contributed by atoms with Gasteiger partial charge in [-0.1, -0.05) is 0 Å². The second kappa shape index (κ2) is 3.25. The lowest BCUT2D eigenvalue weighted by atomic mass is 10.4. The SMILES string of the molecule is O=[N+]([O-])Cc1ccnc(Cl)n1. The zero-order chi connectivity index (χ0) is 8.27. The zero-order valence-corrected chi connectivity index (χ0v) is 6.15. The molecule has 1 aromatic heterocycles. The topological polar surface area (TPSA) is 68.9 Å². The minimum Gasteiger partial charge on any atom is -0.264 e. The van der Waals surface area contributed by atoms with Crippen molar-refractivity contribution in [1.29, 1.82) is 0 Å². The summed E-state index contributed by atoms with van der Waals surface area (Å²) in [4.78, 5) is 16.7. The van der Waals surface area contributed by atoms with Crippen LogP contribution in [0.2, 0.25) is 5.28 Å². The van der Waals surface area contributed by atoms with Crippen LogP contribution in [0.1, 0.15) is 5.69 Å². The predicted molar refractivity (Wildman–Crippen MR) is 37.7 cm³/mol. The molecule has 0 aromatic carbocycles. The summed E-state index contributed by atoms with van der Waals surface area (Å²) >= 11 is 5.38. The quantitative estimate of drug-likeness (QED) is 0.379. The minimum atomic E-state index is -0.474. The molecule has 11 heavy (non-hydrogen) atoms. The Balaban J connectivity index is 2.79. The van der Waals surface area contributed by atoms with Crippen molar-refractivity contribution in [3.63, 3.8) is 0 Å². The lowest BCUT2D eigenvalue weighted by molar-refractivity contribution is -0.497. The van der Waals surface area contributed by atoms with Crippen molar-refractivity contribution in [2.75, 3.05) is 0 Å². The zero-order valence-electron chi connectivity index (χ0n) is 5.40. The van der Waals surface area contributed by atoms with Crippen LogP contribution in [-0.2, 0) is 6.54 Å². The van der Waals surface area contributed by atoms with Crippen LogP contribution in [0.4, 0.5) is 0 Å². The minimum absolute atomic E-state index is 0.0318. The van der Waals surface area contributed by atoms with Crippen LogP contribution in [0.15, 0.2) is 12.3 Å². The summed E-state index contributed by atoms with van der Waals surface area (Å²) in [5, 5.41) is 10.0. The van der Waals surface area contributed by atoms with Crippen molar-refractivity contribution < 1.29 is 4.92 Å². The van der Waals surface area contributed by atoms with Crippen LogP contribution >= 0.6 is 11.6 Å². The summed E-state index contributed by atoms with van der Waals surface area (Å²) in [6.45, 7) is -0.317. The average Bonchev–Trinajstić information content (AvgIpc) is 1.85. The Labute approximate surface area is 67.2 Å². The van der Waals surface area contributed by atoms with Crippen molar-refractivity contribution in [1.82, 2.24) is 9.97 Å². The number of hydrogen-bond acceptors (Lipinski definition) is 4. The first-order chi connectivity index (χ1) is 5.18. The molecule has 58 valence electrons. The maximum Gasteiger partial charge on any atom is 0.245 e. The van der Waals surface area contributed by atoms with Gasteiger partial charge in [-0.2, -0.15) is 0 Å². The third-order valence-electron chi connectivity index (χ3n) is 0.975. The van der Waals surface area contributed by atoms with Gasteiger partial charge in [0, 0.05) is 11.1 Å². The van der Waals surface area contributed by atoms with Gasteiger partial charge in [-0.3, -0.25) is 10.1 Å². The molecule has 0 aliphatic carbocycles. The molecule has 0 radical (unpaired) electrons. The maximum absolute atomic E-state index is 9.98. The van der Waals surface area contributed by atoms with Gasteiger partial charge in [0.2, 0.25) is 11.8 Å². The van der Waals surface area contributed by atoms with E-state index >= 15 is 0 Å². The van der Waals surface area contributed by atoms with Crippen molar-refractivity contribution in [3.05, 3.63) is 33.4 Å². The van der Waals surface area contributed by atoms with Crippen molar-refractivity contribution in [2.45, 2.75) is 6.54 Å². The summed E-state index contributed by atoms with van der Waals surface area (Å²) in [6, 6.07) is 1.45. The summed E-state index contributed by atoms with van der Waals surface area (Å²) < 4.78 is 0. The van der Waals surface area contributed by atoms with E-state index in [0.717, 1.165) is 0 Å². The highest BCUT2D eigenvalue weighted by Gasteiger charge is 2.02. The molecule has 1 aromatic rings. The fourth-order valence-electron chi connectivity index (χ4n) is 0.590. The van der Waals surface area contributed by atoms with Gasteiger partial charge in [0.25, 0.3) is 0 Å². The molecule has 0 bridgehead atoms. The van der Waals surface area contributed by atoms with E-state index in [-0.39, 0.29) is 11.8 Å². The van der Waals surface area contributed by atoms with Gasteiger partial charge in [-0.05, 0) is 17.7 Å². The Morgan fingerprint density at radius 2 is 2.45 bits per heavy atom.